The second-order valence-corrected chi connectivity index (χ2v) is 8.32. The third kappa shape index (κ3) is 5.11. The van der Waals surface area contributed by atoms with Crippen LogP contribution in [0.1, 0.15) is 22.3 Å². The van der Waals surface area contributed by atoms with Crippen molar-refractivity contribution in [3.05, 3.63) is 82.3 Å². The summed E-state index contributed by atoms with van der Waals surface area (Å²) in [6.45, 7) is 3.02. The molecule has 1 aliphatic rings. The molecule has 1 heterocycles. The number of nitrogens with one attached hydrogen (secondary N) is 1. The van der Waals surface area contributed by atoms with Gasteiger partial charge in [0.1, 0.15) is 11.5 Å². The Hall–Kier alpha value is -3.32. The van der Waals surface area contributed by atoms with Gasteiger partial charge in [-0.1, -0.05) is 29.8 Å². The van der Waals surface area contributed by atoms with Crippen LogP contribution >= 0.6 is 15.9 Å². The molecule has 7 heteroatoms. The van der Waals surface area contributed by atoms with E-state index in [1.807, 2.05) is 49.4 Å². The normalized spacial score (nSPS) is 12.7. The molecule has 0 aliphatic carbocycles. The van der Waals surface area contributed by atoms with Crippen LogP contribution in [0.25, 0.3) is 0 Å². The van der Waals surface area contributed by atoms with Crippen LogP contribution in [0.4, 0.5) is 11.4 Å². The number of carbonyl (C=O) groups excluding carboxylic acids is 2. The summed E-state index contributed by atoms with van der Waals surface area (Å²) in [5.41, 5.74) is 3.01. The van der Waals surface area contributed by atoms with Crippen LogP contribution in [0.3, 0.4) is 0 Å². The van der Waals surface area contributed by atoms with Gasteiger partial charge in [-0.2, -0.15) is 0 Å². The average molecular weight is 495 g/mol. The predicted octanol–water partition coefficient (Wildman–Crippen LogP) is 5.20. The van der Waals surface area contributed by atoms with Gasteiger partial charge in [-0.15, -0.1) is 0 Å². The maximum atomic E-state index is 12.6. The molecule has 0 saturated carbocycles. The fourth-order valence-electron chi connectivity index (χ4n) is 3.42. The fraction of sp³-hybridized carbons (Fsp3) is 0.200. The number of carbonyl (C=O) groups is 2. The molecule has 3 aromatic carbocycles. The number of ether oxygens (including phenoxy) is 2. The van der Waals surface area contributed by atoms with Crippen LogP contribution in [-0.2, 0) is 4.79 Å². The molecule has 0 bridgehead atoms. The van der Waals surface area contributed by atoms with E-state index in [4.69, 9.17) is 9.47 Å². The first-order chi connectivity index (χ1) is 15.5. The lowest BCUT2D eigenvalue weighted by Crippen LogP contribution is -2.39. The van der Waals surface area contributed by atoms with E-state index >= 15 is 0 Å². The zero-order valence-electron chi connectivity index (χ0n) is 17.6. The van der Waals surface area contributed by atoms with Crippen molar-refractivity contribution < 1.29 is 19.1 Å². The second kappa shape index (κ2) is 9.87. The number of halogens is 1. The van der Waals surface area contributed by atoms with Crippen molar-refractivity contribution in [1.82, 2.24) is 0 Å². The van der Waals surface area contributed by atoms with E-state index in [2.05, 4.69) is 21.2 Å². The fourth-order valence-corrected chi connectivity index (χ4v) is 3.88. The lowest BCUT2D eigenvalue weighted by Gasteiger charge is -2.29. The molecule has 32 heavy (non-hydrogen) atoms. The minimum atomic E-state index is -0.227. The Balaban J connectivity index is 1.39. The first-order valence-electron chi connectivity index (χ1n) is 10.3. The highest BCUT2D eigenvalue weighted by molar-refractivity contribution is 9.10. The third-order valence-corrected chi connectivity index (χ3v) is 5.79. The van der Waals surface area contributed by atoms with Gasteiger partial charge in [0.2, 0.25) is 0 Å². The Kier molecular flexibility index (Phi) is 6.75. The smallest absolute Gasteiger partial charge is 0.265 e. The number of hydrogen-bond acceptors (Lipinski definition) is 4. The average Bonchev–Trinajstić information content (AvgIpc) is 2.79. The van der Waals surface area contributed by atoms with Crippen molar-refractivity contribution >= 4 is 39.1 Å². The molecule has 6 nitrogen and oxygen atoms in total. The monoisotopic (exact) mass is 494 g/mol. The Morgan fingerprint density at radius 3 is 2.69 bits per heavy atom. The minimum Gasteiger partial charge on any atom is -0.494 e. The van der Waals surface area contributed by atoms with Gasteiger partial charge in [-0.3, -0.25) is 9.59 Å². The quantitative estimate of drug-likeness (QED) is 0.458. The van der Waals surface area contributed by atoms with Crippen molar-refractivity contribution in [3.8, 4) is 11.5 Å². The molecular weight excluding hydrogens is 472 g/mol. The number of aryl methyl sites for hydroxylation is 1. The molecule has 0 atom stereocenters. The van der Waals surface area contributed by atoms with Gasteiger partial charge in [0.05, 0.1) is 17.9 Å². The molecule has 164 valence electrons. The summed E-state index contributed by atoms with van der Waals surface area (Å²) in [5, 5.41) is 2.88. The predicted molar refractivity (Wildman–Crippen MR) is 128 cm³/mol. The summed E-state index contributed by atoms with van der Waals surface area (Å²) < 4.78 is 12.1. The summed E-state index contributed by atoms with van der Waals surface area (Å²) in [6.07, 6.45) is 0.680. The molecule has 0 unspecified atom stereocenters. The number of benzene rings is 3. The van der Waals surface area contributed by atoms with Crippen LogP contribution in [0.2, 0.25) is 0 Å². The van der Waals surface area contributed by atoms with Crippen LogP contribution < -0.4 is 19.7 Å². The SMILES string of the molecule is Cc1ccc(OCCCN2C(=O)COc3cc(NC(=O)c4ccccc4Br)ccc32)cc1. The van der Waals surface area contributed by atoms with Gasteiger partial charge < -0.3 is 19.7 Å². The molecule has 0 aromatic heterocycles. The molecule has 1 N–H and O–H groups in total. The van der Waals surface area contributed by atoms with Gasteiger partial charge in [-0.05, 0) is 65.7 Å². The topological polar surface area (TPSA) is 67.9 Å². The molecule has 0 spiro atoms. The van der Waals surface area contributed by atoms with E-state index in [1.54, 1.807) is 29.2 Å². The Labute approximate surface area is 195 Å². The number of rotatable bonds is 7. The summed E-state index contributed by atoms with van der Waals surface area (Å²) in [5.74, 6) is 1.05. The molecule has 0 saturated heterocycles. The summed E-state index contributed by atoms with van der Waals surface area (Å²) >= 11 is 3.39. The summed E-state index contributed by atoms with van der Waals surface area (Å²) in [4.78, 5) is 26.7. The van der Waals surface area contributed by atoms with Crippen molar-refractivity contribution in [3.63, 3.8) is 0 Å². The van der Waals surface area contributed by atoms with Crippen LogP contribution in [0.15, 0.2) is 71.2 Å². The van der Waals surface area contributed by atoms with E-state index in [1.165, 1.54) is 5.56 Å². The van der Waals surface area contributed by atoms with Crippen molar-refractivity contribution in [2.45, 2.75) is 13.3 Å². The Morgan fingerprint density at radius 1 is 1.12 bits per heavy atom. The Bertz CT molecular complexity index is 1130. The zero-order chi connectivity index (χ0) is 22.5. The van der Waals surface area contributed by atoms with Gasteiger partial charge in [0, 0.05) is 22.8 Å². The number of anilines is 2. The highest BCUT2D eigenvalue weighted by Gasteiger charge is 2.25. The summed E-state index contributed by atoms with van der Waals surface area (Å²) in [7, 11) is 0. The van der Waals surface area contributed by atoms with E-state index in [0.717, 1.165) is 10.2 Å². The molecule has 3 aromatic rings. The molecule has 4 rings (SSSR count). The first-order valence-corrected chi connectivity index (χ1v) is 11.1. The first kappa shape index (κ1) is 21.9. The largest absolute Gasteiger partial charge is 0.494 e. The standard InChI is InChI=1S/C25H23BrN2O4/c1-17-7-10-19(11-8-17)31-14-4-13-28-22-12-9-18(15-23(22)32-16-24(28)29)27-25(30)20-5-2-3-6-21(20)26/h2-3,5-12,15H,4,13-14,16H2,1H3,(H,27,30). The number of amides is 2. The molecule has 2 amide bonds. The van der Waals surface area contributed by atoms with E-state index in [9.17, 15) is 9.59 Å². The van der Waals surface area contributed by atoms with Crippen LogP contribution in [0, 0.1) is 6.92 Å². The van der Waals surface area contributed by atoms with Gasteiger partial charge in [0.25, 0.3) is 11.8 Å². The van der Waals surface area contributed by atoms with E-state index in [-0.39, 0.29) is 18.4 Å². The molecule has 0 radical (unpaired) electrons. The van der Waals surface area contributed by atoms with Crippen molar-refractivity contribution in [2.24, 2.45) is 0 Å². The number of fused-ring (bicyclic) bond motifs is 1. The Morgan fingerprint density at radius 2 is 1.91 bits per heavy atom. The minimum absolute atomic E-state index is 0.0343. The highest BCUT2D eigenvalue weighted by Crippen LogP contribution is 2.35. The van der Waals surface area contributed by atoms with E-state index in [0.29, 0.717) is 42.3 Å². The van der Waals surface area contributed by atoms with Crippen LogP contribution in [0.5, 0.6) is 11.5 Å². The zero-order valence-corrected chi connectivity index (χ0v) is 19.2. The van der Waals surface area contributed by atoms with E-state index < -0.39 is 0 Å². The van der Waals surface area contributed by atoms with Gasteiger partial charge in [0.15, 0.2) is 6.61 Å². The number of hydrogen-bond donors (Lipinski definition) is 1. The highest BCUT2D eigenvalue weighted by atomic mass is 79.9. The maximum Gasteiger partial charge on any atom is 0.265 e. The lowest BCUT2D eigenvalue weighted by atomic mass is 10.1. The van der Waals surface area contributed by atoms with Gasteiger partial charge in [-0.25, -0.2) is 0 Å². The second-order valence-electron chi connectivity index (χ2n) is 7.47. The van der Waals surface area contributed by atoms with Crippen molar-refractivity contribution in [1.29, 1.82) is 0 Å². The summed E-state index contributed by atoms with van der Waals surface area (Å²) in [6, 6.07) is 20.4. The molecule has 1 aliphatic heterocycles. The number of nitrogens with zero attached hydrogens (tertiary/aromatic N) is 1. The van der Waals surface area contributed by atoms with Crippen LogP contribution in [-0.4, -0.2) is 31.6 Å². The molecular formula is C25H23BrN2O4. The molecule has 0 fully saturated rings. The maximum absolute atomic E-state index is 12.6. The lowest BCUT2D eigenvalue weighted by molar-refractivity contribution is -0.121. The van der Waals surface area contributed by atoms with Crippen molar-refractivity contribution in [2.75, 3.05) is 30.0 Å². The third-order valence-electron chi connectivity index (χ3n) is 5.09. The van der Waals surface area contributed by atoms with Gasteiger partial charge >= 0.3 is 0 Å².